The number of methoxy groups -OCH3 is 1. The molecule has 0 aliphatic heterocycles. The van der Waals surface area contributed by atoms with Gasteiger partial charge in [-0.05, 0) is 90.5 Å². The predicted molar refractivity (Wildman–Crippen MR) is 160 cm³/mol. The van der Waals surface area contributed by atoms with Crippen LogP contribution in [0.15, 0.2) is 36.4 Å². The number of hydrogen-bond donors (Lipinski definition) is 1. The summed E-state index contributed by atoms with van der Waals surface area (Å²) in [5.74, 6) is 0.472. The van der Waals surface area contributed by atoms with Crippen molar-refractivity contribution in [2.45, 2.75) is 96.8 Å². The van der Waals surface area contributed by atoms with E-state index in [0.717, 1.165) is 73.1 Å². The van der Waals surface area contributed by atoms with Crippen molar-refractivity contribution in [3.8, 4) is 22.6 Å². The second-order valence-electron chi connectivity index (χ2n) is 12.0. The average molecular weight is 551 g/mol. The number of fused-ring (bicyclic) bond motifs is 1. The molecule has 1 aliphatic carbocycles. The summed E-state index contributed by atoms with van der Waals surface area (Å²) >= 11 is 0. The van der Waals surface area contributed by atoms with E-state index in [1.54, 1.807) is 20.1 Å². The number of ether oxygens (including phenoxy) is 3. The fraction of sp³-hybridized carbons (Fsp3) is 0.529. The van der Waals surface area contributed by atoms with Gasteiger partial charge in [0.2, 0.25) is 0 Å². The van der Waals surface area contributed by atoms with Gasteiger partial charge in [-0.1, -0.05) is 53.0 Å². The zero-order chi connectivity index (χ0) is 29.3. The van der Waals surface area contributed by atoms with Crippen LogP contribution in [0.25, 0.3) is 17.2 Å². The Morgan fingerprint density at radius 1 is 0.875 bits per heavy atom. The van der Waals surface area contributed by atoms with E-state index in [1.165, 1.54) is 17.2 Å². The Hall–Kier alpha value is -3.28. The maximum Gasteiger partial charge on any atom is 0.330 e. The van der Waals surface area contributed by atoms with Gasteiger partial charge < -0.3 is 19.3 Å². The Morgan fingerprint density at radius 2 is 1.50 bits per heavy atom. The second-order valence-corrected chi connectivity index (χ2v) is 12.0. The molecule has 1 aliphatic rings. The number of aliphatic carboxylic acids is 1. The molecule has 0 spiro atoms. The van der Waals surface area contributed by atoms with Crippen LogP contribution in [-0.4, -0.2) is 37.4 Å². The highest BCUT2D eigenvalue weighted by molar-refractivity contribution is 5.88. The van der Waals surface area contributed by atoms with Crippen molar-refractivity contribution in [2.24, 2.45) is 0 Å². The number of hydrogen-bond acceptors (Lipinski definition) is 5. The zero-order valence-electron chi connectivity index (χ0n) is 25.1. The van der Waals surface area contributed by atoms with E-state index in [0.29, 0.717) is 13.2 Å². The summed E-state index contributed by atoms with van der Waals surface area (Å²) in [6, 6.07) is 10.4. The molecule has 1 N–H and O–H groups in total. The normalized spacial score (nSPS) is 15.4. The van der Waals surface area contributed by atoms with Crippen molar-refractivity contribution in [1.29, 1.82) is 0 Å². The number of carboxylic acid groups (broad SMARTS) is 1. The first-order chi connectivity index (χ1) is 19.0. The predicted octanol–water partition coefficient (Wildman–Crippen LogP) is 8.09. The topological polar surface area (TPSA) is 82.1 Å². The van der Waals surface area contributed by atoms with Gasteiger partial charge >= 0.3 is 11.9 Å². The van der Waals surface area contributed by atoms with Crippen LogP contribution in [-0.2, 0) is 25.2 Å². The van der Waals surface area contributed by atoms with Gasteiger partial charge in [0.15, 0.2) is 0 Å². The van der Waals surface area contributed by atoms with E-state index in [1.807, 2.05) is 18.2 Å². The minimum absolute atomic E-state index is 0.0305. The molecule has 40 heavy (non-hydrogen) atoms. The Morgan fingerprint density at radius 3 is 2.15 bits per heavy atom. The number of unbranched alkanes of at least 4 members (excludes halogenated alkanes) is 4. The lowest BCUT2D eigenvalue weighted by Crippen LogP contribution is -2.34. The quantitative estimate of drug-likeness (QED) is 0.145. The molecule has 0 saturated carbocycles. The van der Waals surface area contributed by atoms with Crippen molar-refractivity contribution in [3.05, 3.63) is 53.1 Å². The monoisotopic (exact) mass is 550 g/mol. The fourth-order valence-corrected chi connectivity index (χ4v) is 5.41. The summed E-state index contributed by atoms with van der Waals surface area (Å²) in [7, 11) is 1.67. The Labute approximate surface area is 239 Å². The van der Waals surface area contributed by atoms with E-state index in [2.05, 4.69) is 39.8 Å². The Kier molecular flexibility index (Phi) is 10.8. The molecule has 0 bridgehead atoms. The first kappa shape index (κ1) is 31.3. The molecular weight excluding hydrogens is 504 g/mol. The van der Waals surface area contributed by atoms with Gasteiger partial charge in [-0.15, -0.1) is 0 Å². The highest BCUT2D eigenvalue weighted by Gasteiger charge is 2.38. The van der Waals surface area contributed by atoms with Gasteiger partial charge in [0.25, 0.3) is 0 Å². The van der Waals surface area contributed by atoms with E-state index in [9.17, 15) is 9.59 Å². The number of benzene rings is 2. The summed E-state index contributed by atoms with van der Waals surface area (Å²) in [5.41, 5.74) is 5.50. The average Bonchev–Trinajstić information content (AvgIpc) is 2.91. The standard InChI is InChI=1S/C34H46O6/c1-7-39-32(37)17-15-24-14-16-29(38-6)25(21-24)26-22-27-28(34(4,5)19-18-33(27,2)3)23-30(26)40-20-12-10-8-9-11-13-31(35)36/h14-17,21-23H,7-13,18-20H2,1-6H3,(H,35,36). The molecule has 218 valence electrons. The third kappa shape index (κ3) is 8.12. The molecule has 0 radical (unpaired) electrons. The molecule has 0 aromatic heterocycles. The van der Waals surface area contributed by atoms with Crippen LogP contribution in [0.3, 0.4) is 0 Å². The zero-order valence-corrected chi connectivity index (χ0v) is 25.1. The summed E-state index contributed by atoms with van der Waals surface area (Å²) in [4.78, 5) is 22.7. The number of carbonyl (C=O) groups excluding carboxylic acids is 1. The Balaban J connectivity index is 1.96. The fourth-order valence-electron chi connectivity index (χ4n) is 5.41. The minimum Gasteiger partial charge on any atom is -0.496 e. The first-order valence-electron chi connectivity index (χ1n) is 14.6. The van der Waals surface area contributed by atoms with Crippen molar-refractivity contribution in [3.63, 3.8) is 0 Å². The number of esters is 1. The Bertz CT molecular complexity index is 1210. The summed E-state index contributed by atoms with van der Waals surface area (Å²) in [5, 5.41) is 8.83. The number of rotatable bonds is 14. The molecule has 0 saturated heterocycles. The van der Waals surface area contributed by atoms with Gasteiger partial charge in [-0.25, -0.2) is 4.79 Å². The van der Waals surface area contributed by atoms with E-state index in [4.69, 9.17) is 19.3 Å². The summed E-state index contributed by atoms with van der Waals surface area (Å²) < 4.78 is 17.3. The molecule has 6 heteroatoms. The largest absolute Gasteiger partial charge is 0.496 e. The molecule has 0 amide bonds. The van der Waals surface area contributed by atoms with E-state index in [-0.39, 0.29) is 23.2 Å². The smallest absolute Gasteiger partial charge is 0.330 e. The molecule has 2 aromatic carbocycles. The molecular formula is C34H46O6. The lowest BCUT2D eigenvalue weighted by atomic mass is 9.62. The van der Waals surface area contributed by atoms with Gasteiger partial charge in [-0.2, -0.15) is 0 Å². The lowest BCUT2D eigenvalue weighted by Gasteiger charge is -2.42. The van der Waals surface area contributed by atoms with Crippen LogP contribution < -0.4 is 9.47 Å². The second kappa shape index (κ2) is 13.9. The van der Waals surface area contributed by atoms with Crippen LogP contribution in [0.1, 0.15) is 103 Å². The van der Waals surface area contributed by atoms with Gasteiger partial charge in [0.1, 0.15) is 11.5 Å². The highest BCUT2D eigenvalue weighted by atomic mass is 16.5. The number of carboxylic acids is 1. The van der Waals surface area contributed by atoms with Gasteiger partial charge in [-0.3, -0.25) is 4.79 Å². The van der Waals surface area contributed by atoms with Gasteiger partial charge in [0.05, 0.1) is 20.3 Å². The number of carbonyl (C=O) groups is 2. The van der Waals surface area contributed by atoms with Crippen molar-refractivity contribution in [2.75, 3.05) is 20.3 Å². The van der Waals surface area contributed by atoms with Gasteiger partial charge in [0, 0.05) is 23.6 Å². The van der Waals surface area contributed by atoms with Crippen LogP contribution in [0.4, 0.5) is 0 Å². The third-order valence-electron chi connectivity index (χ3n) is 7.96. The molecule has 6 nitrogen and oxygen atoms in total. The van der Waals surface area contributed by atoms with Crippen molar-refractivity contribution >= 4 is 18.0 Å². The molecule has 0 heterocycles. The van der Waals surface area contributed by atoms with Crippen LogP contribution in [0.5, 0.6) is 11.5 Å². The summed E-state index contributed by atoms with van der Waals surface area (Å²) in [6.45, 7) is 11.9. The molecule has 0 atom stereocenters. The lowest BCUT2D eigenvalue weighted by molar-refractivity contribution is -0.138. The molecule has 3 rings (SSSR count). The van der Waals surface area contributed by atoms with Crippen molar-refractivity contribution < 1.29 is 28.9 Å². The molecule has 0 fully saturated rings. The maximum absolute atomic E-state index is 11.9. The van der Waals surface area contributed by atoms with E-state index >= 15 is 0 Å². The van der Waals surface area contributed by atoms with Crippen LogP contribution in [0, 0.1) is 0 Å². The molecule has 0 unspecified atom stereocenters. The minimum atomic E-state index is -0.731. The van der Waals surface area contributed by atoms with Crippen LogP contribution >= 0.6 is 0 Å². The SMILES string of the molecule is CCOC(=O)C=Cc1ccc(OC)c(-c2cc3c(cc2OCCCCCCCC(=O)O)C(C)(C)CCC3(C)C)c1. The summed E-state index contributed by atoms with van der Waals surface area (Å²) in [6.07, 6.45) is 10.2. The molecule has 2 aromatic rings. The highest BCUT2D eigenvalue weighted by Crippen LogP contribution is 2.50. The van der Waals surface area contributed by atoms with Crippen LogP contribution in [0.2, 0.25) is 0 Å². The maximum atomic E-state index is 11.9. The van der Waals surface area contributed by atoms with E-state index < -0.39 is 5.97 Å². The van der Waals surface area contributed by atoms with Crippen molar-refractivity contribution in [1.82, 2.24) is 0 Å². The first-order valence-corrected chi connectivity index (χ1v) is 14.6. The third-order valence-corrected chi connectivity index (χ3v) is 7.96.